The van der Waals surface area contributed by atoms with Gasteiger partial charge in [0.2, 0.25) is 0 Å². The summed E-state index contributed by atoms with van der Waals surface area (Å²) in [6.07, 6.45) is 8.00. The monoisotopic (exact) mass is 407 g/mol. The number of hydrogen-bond acceptors (Lipinski definition) is 6. The molecule has 0 radical (unpaired) electrons. The van der Waals surface area contributed by atoms with Crippen LogP contribution in [-0.4, -0.2) is 47.0 Å². The molecule has 7 nitrogen and oxygen atoms in total. The Kier molecular flexibility index (Phi) is 7.83. The highest BCUT2D eigenvalue weighted by molar-refractivity contribution is 6.29. The molecule has 1 heterocycles. The number of allylic oxidation sites excluding steroid dienone is 1. The first-order chi connectivity index (χ1) is 13.2. The van der Waals surface area contributed by atoms with E-state index >= 15 is 0 Å². The van der Waals surface area contributed by atoms with E-state index in [0.717, 1.165) is 25.7 Å². The maximum atomic E-state index is 12.8. The third-order valence-corrected chi connectivity index (χ3v) is 4.83. The number of amides is 1. The zero-order chi connectivity index (χ0) is 20.7. The van der Waals surface area contributed by atoms with E-state index in [-0.39, 0.29) is 23.6 Å². The standard InChI is InChI=1S/C20H30ClN5O2/c1-6-11-23-26(5)28-20(4)9-7-15(8-10-20)25-19(27)16-13-22-18(21)12-17(16)24-14(2)3/h6,11-15H,1,7-10H2,2-5H3,(H,22,24)(H,25,27)/b23-11-. The molecule has 1 fully saturated rings. The van der Waals surface area contributed by atoms with Gasteiger partial charge in [-0.25, -0.2) is 4.98 Å². The topological polar surface area (TPSA) is 78.8 Å². The number of hydroxylamine groups is 1. The quantitative estimate of drug-likeness (QED) is 0.386. The number of rotatable bonds is 8. The molecule has 1 aliphatic carbocycles. The van der Waals surface area contributed by atoms with E-state index in [1.165, 1.54) is 11.4 Å². The summed E-state index contributed by atoms with van der Waals surface area (Å²) >= 11 is 5.99. The van der Waals surface area contributed by atoms with Gasteiger partial charge in [-0.2, -0.15) is 10.3 Å². The Morgan fingerprint density at radius 2 is 2.18 bits per heavy atom. The number of carbonyl (C=O) groups is 1. The van der Waals surface area contributed by atoms with Crippen molar-refractivity contribution in [3.05, 3.63) is 35.6 Å². The molecule has 0 unspecified atom stereocenters. The molecule has 1 saturated carbocycles. The van der Waals surface area contributed by atoms with Crippen LogP contribution in [0.2, 0.25) is 5.15 Å². The van der Waals surface area contributed by atoms with Crippen molar-refractivity contribution >= 4 is 29.4 Å². The molecule has 2 rings (SSSR count). The molecule has 1 aromatic rings. The summed E-state index contributed by atoms with van der Waals surface area (Å²) < 4.78 is 0. The number of hydrazone groups is 1. The van der Waals surface area contributed by atoms with E-state index in [9.17, 15) is 4.79 Å². The smallest absolute Gasteiger partial charge is 0.255 e. The zero-order valence-electron chi connectivity index (χ0n) is 17.0. The van der Waals surface area contributed by atoms with Crippen LogP contribution in [0.3, 0.4) is 0 Å². The van der Waals surface area contributed by atoms with Crippen LogP contribution in [0.1, 0.15) is 56.8 Å². The van der Waals surface area contributed by atoms with Gasteiger partial charge >= 0.3 is 0 Å². The first kappa shape index (κ1) is 22.2. The minimum Gasteiger partial charge on any atom is -0.382 e. The highest BCUT2D eigenvalue weighted by Crippen LogP contribution is 2.32. The Bertz CT molecular complexity index is 715. The van der Waals surface area contributed by atoms with E-state index in [1.807, 2.05) is 13.8 Å². The van der Waals surface area contributed by atoms with E-state index < -0.39 is 0 Å². The van der Waals surface area contributed by atoms with Gasteiger partial charge in [-0.05, 0) is 58.6 Å². The van der Waals surface area contributed by atoms with Crippen molar-refractivity contribution < 1.29 is 9.63 Å². The number of halogens is 1. The molecule has 1 amide bonds. The molecular formula is C20H30ClN5O2. The van der Waals surface area contributed by atoms with Gasteiger partial charge in [0.05, 0.1) is 23.9 Å². The Morgan fingerprint density at radius 1 is 1.50 bits per heavy atom. The normalized spacial score (nSPS) is 22.3. The van der Waals surface area contributed by atoms with E-state index in [1.54, 1.807) is 25.4 Å². The molecule has 28 heavy (non-hydrogen) atoms. The fourth-order valence-electron chi connectivity index (χ4n) is 3.25. The molecule has 0 saturated heterocycles. The van der Waals surface area contributed by atoms with Gasteiger partial charge in [0.25, 0.3) is 5.91 Å². The molecule has 1 aliphatic rings. The van der Waals surface area contributed by atoms with Crippen molar-refractivity contribution in [3.63, 3.8) is 0 Å². The number of nitrogens with zero attached hydrogens (tertiary/aromatic N) is 3. The van der Waals surface area contributed by atoms with E-state index in [2.05, 4.69) is 34.2 Å². The second-order valence-electron chi connectivity index (χ2n) is 7.61. The number of carbonyl (C=O) groups excluding carboxylic acids is 1. The summed E-state index contributed by atoms with van der Waals surface area (Å²) in [4.78, 5) is 22.8. The fourth-order valence-corrected chi connectivity index (χ4v) is 3.41. The molecule has 0 aromatic carbocycles. The minimum atomic E-state index is -0.305. The van der Waals surface area contributed by atoms with E-state index in [0.29, 0.717) is 16.4 Å². The SMILES string of the molecule is C=C/C=N\N(C)OC1(C)CCC(NC(=O)c2cnc(Cl)cc2NC(C)C)CC1. The lowest BCUT2D eigenvalue weighted by Crippen LogP contribution is -2.45. The number of hydrogen-bond donors (Lipinski definition) is 2. The maximum Gasteiger partial charge on any atom is 0.255 e. The van der Waals surface area contributed by atoms with Crippen molar-refractivity contribution in [2.75, 3.05) is 12.4 Å². The molecular weight excluding hydrogens is 378 g/mol. The molecule has 0 bridgehead atoms. The van der Waals surface area contributed by atoms with Crippen LogP contribution in [0.15, 0.2) is 30.0 Å². The van der Waals surface area contributed by atoms with Crippen LogP contribution in [0.4, 0.5) is 5.69 Å². The number of pyridine rings is 1. The number of nitrogens with one attached hydrogen (secondary N) is 2. The lowest BCUT2D eigenvalue weighted by Gasteiger charge is -2.38. The lowest BCUT2D eigenvalue weighted by molar-refractivity contribution is -0.238. The summed E-state index contributed by atoms with van der Waals surface area (Å²) in [5.74, 6) is -0.144. The first-order valence-corrected chi connectivity index (χ1v) is 9.91. The van der Waals surface area contributed by atoms with E-state index in [4.69, 9.17) is 16.4 Å². The van der Waals surface area contributed by atoms with Gasteiger partial charge in [-0.15, -0.1) is 0 Å². The van der Waals surface area contributed by atoms with Crippen molar-refractivity contribution in [2.45, 2.75) is 64.1 Å². The van der Waals surface area contributed by atoms with Crippen molar-refractivity contribution in [2.24, 2.45) is 5.10 Å². The first-order valence-electron chi connectivity index (χ1n) is 9.53. The molecule has 2 N–H and O–H groups in total. The number of anilines is 1. The molecule has 1 aromatic heterocycles. The second kappa shape index (κ2) is 9.89. The van der Waals surface area contributed by atoms with Gasteiger partial charge in [0, 0.05) is 24.5 Å². The predicted octanol–water partition coefficient (Wildman–Crippen LogP) is 4.02. The van der Waals surface area contributed by atoms with Crippen LogP contribution in [0, 0.1) is 0 Å². The third kappa shape index (κ3) is 6.49. The third-order valence-electron chi connectivity index (χ3n) is 4.63. The lowest BCUT2D eigenvalue weighted by atomic mass is 9.83. The number of aromatic nitrogens is 1. The molecule has 0 aliphatic heterocycles. The van der Waals surface area contributed by atoms with Crippen molar-refractivity contribution in [3.8, 4) is 0 Å². The largest absolute Gasteiger partial charge is 0.382 e. The van der Waals surface area contributed by atoms with Gasteiger partial charge < -0.3 is 10.6 Å². The fraction of sp³-hybridized carbons (Fsp3) is 0.550. The van der Waals surface area contributed by atoms with Crippen LogP contribution < -0.4 is 10.6 Å². The van der Waals surface area contributed by atoms with Crippen LogP contribution in [0.5, 0.6) is 0 Å². The van der Waals surface area contributed by atoms with Gasteiger partial charge in [-0.3, -0.25) is 9.63 Å². The Balaban J connectivity index is 1.95. The highest BCUT2D eigenvalue weighted by Gasteiger charge is 2.34. The summed E-state index contributed by atoms with van der Waals surface area (Å²) in [5, 5.41) is 12.3. The van der Waals surface area contributed by atoms with Crippen molar-refractivity contribution in [1.82, 2.24) is 15.5 Å². The van der Waals surface area contributed by atoms with Crippen LogP contribution >= 0.6 is 11.6 Å². The zero-order valence-corrected chi connectivity index (χ0v) is 17.8. The Morgan fingerprint density at radius 3 is 2.79 bits per heavy atom. The molecule has 0 atom stereocenters. The molecule has 8 heteroatoms. The second-order valence-corrected chi connectivity index (χ2v) is 7.99. The van der Waals surface area contributed by atoms with Crippen LogP contribution in [0.25, 0.3) is 0 Å². The van der Waals surface area contributed by atoms with Gasteiger partial charge in [0.1, 0.15) is 5.15 Å². The van der Waals surface area contributed by atoms with Gasteiger partial charge in [-0.1, -0.05) is 18.2 Å². The Hall–Kier alpha value is -2.12. The minimum absolute atomic E-state index is 0.0914. The summed E-state index contributed by atoms with van der Waals surface area (Å²) in [7, 11) is 1.76. The summed E-state index contributed by atoms with van der Waals surface area (Å²) in [5.41, 5.74) is 0.889. The molecule has 0 spiro atoms. The van der Waals surface area contributed by atoms with Gasteiger partial charge in [0.15, 0.2) is 0 Å². The highest BCUT2D eigenvalue weighted by atomic mass is 35.5. The van der Waals surface area contributed by atoms with Crippen LogP contribution in [-0.2, 0) is 4.84 Å². The predicted molar refractivity (Wildman–Crippen MR) is 114 cm³/mol. The summed E-state index contributed by atoms with van der Waals surface area (Å²) in [6.45, 7) is 9.68. The maximum absolute atomic E-state index is 12.8. The Labute approximate surface area is 172 Å². The van der Waals surface area contributed by atoms with Crippen molar-refractivity contribution in [1.29, 1.82) is 0 Å². The summed E-state index contributed by atoms with van der Waals surface area (Å²) in [6, 6.07) is 1.95. The average molecular weight is 408 g/mol. The molecule has 154 valence electrons. The average Bonchev–Trinajstić information content (AvgIpc) is 2.61.